The van der Waals surface area contributed by atoms with E-state index in [1.807, 2.05) is 0 Å². The topological polar surface area (TPSA) is 168 Å². The van der Waals surface area contributed by atoms with Crippen LogP contribution in [-0.2, 0) is 23.9 Å². The zero-order chi connectivity index (χ0) is 33.1. The van der Waals surface area contributed by atoms with Gasteiger partial charge in [-0.25, -0.2) is 0 Å². The molecule has 0 heterocycles. The predicted molar refractivity (Wildman–Crippen MR) is 188 cm³/mol. The molecule has 0 amide bonds. The van der Waals surface area contributed by atoms with E-state index in [0.717, 1.165) is 38.5 Å². The molecular formula is C35H72N3NaO6. The van der Waals surface area contributed by atoms with Gasteiger partial charge >= 0.3 is 47.5 Å². The van der Waals surface area contributed by atoms with Crippen molar-refractivity contribution in [2.75, 3.05) is 19.8 Å². The van der Waals surface area contributed by atoms with Gasteiger partial charge in [0.1, 0.15) is 12.1 Å². The minimum atomic E-state index is -0.933. The summed E-state index contributed by atoms with van der Waals surface area (Å²) in [4.78, 5) is 34.0. The van der Waals surface area contributed by atoms with Gasteiger partial charge in [-0.05, 0) is 38.6 Å². The van der Waals surface area contributed by atoms with Crippen molar-refractivity contribution in [3.63, 3.8) is 0 Å². The molecule has 0 radical (unpaired) electrons. The van der Waals surface area contributed by atoms with Gasteiger partial charge in [-0.1, -0.05) is 136 Å². The van der Waals surface area contributed by atoms with Crippen LogP contribution in [0, 0.1) is 0 Å². The number of carboxylic acids is 1. The third kappa shape index (κ3) is 39.4. The number of ether oxygens (including phenoxy) is 2. The van der Waals surface area contributed by atoms with Crippen LogP contribution in [0.1, 0.15) is 174 Å². The predicted octanol–water partition coefficient (Wildman–Crippen LogP) is 6.90. The van der Waals surface area contributed by atoms with E-state index in [-0.39, 0.29) is 48.4 Å². The third-order valence-electron chi connectivity index (χ3n) is 7.75. The number of rotatable bonds is 31. The number of carbonyl (C=O) groups excluding carboxylic acids is 2. The fraction of sp³-hybridized carbons (Fsp3) is 0.914. The molecule has 0 fully saturated rings. The first-order valence-electron chi connectivity index (χ1n) is 18.1. The monoisotopic (exact) mass is 654 g/mol. The van der Waals surface area contributed by atoms with Crippen molar-refractivity contribution in [2.45, 2.75) is 186 Å². The number of nitrogens with two attached hydrogens (primary N) is 3. The summed E-state index contributed by atoms with van der Waals surface area (Å²) >= 11 is 0. The quantitative estimate of drug-likeness (QED) is 0.0353. The summed E-state index contributed by atoms with van der Waals surface area (Å²) in [5, 5.41) is 8.33. The molecule has 0 saturated carbocycles. The Hall–Kier alpha value is -0.710. The van der Waals surface area contributed by atoms with Crippen LogP contribution in [0.15, 0.2) is 0 Å². The van der Waals surface area contributed by atoms with Gasteiger partial charge in [0.2, 0.25) is 0 Å². The number of carboxylic acid groups (broad SMARTS) is 1. The second kappa shape index (κ2) is 39.5. The Morgan fingerprint density at radius 1 is 0.556 bits per heavy atom. The molecule has 9 nitrogen and oxygen atoms in total. The first kappa shape index (κ1) is 48.7. The molecule has 0 unspecified atom stereocenters. The molecule has 45 heavy (non-hydrogen) atoms. The molecule has 0 spiro atoms. The van der Waals surface area contributed by atoms with Crippen molar-refractivity contribution in [1.82, 2.24) is 0 Å². The van der Waals surface area contributed by atoms with E-state index in [1.54, 1.807) is 0 Å². The van der Waals surface area contributed by atoms with Crippen LogP contribution in [0.4, 0.5) is 0 Å². The molecule has 2 atom stereocenters. The van der Waals surface area contributed by atoms with Crippen molar-refractivity contribution >= 4 is 47.5 Å². The summed E-state index contributed by atoms with van der Waals surface area (Å²) in [7, 11) is 0. The number of esters is 2. The average molecular weight is 654 g/mol. The molecule has 264 valence electrons. The van der Waals surface area contributed by atoms with Gasteiger partial charge in [-0.15, -0.1) is 0 Å². The second-order valence-corrected chi connectivity index (χ2v) is 12.1. The Bertz CT molecular complexity index is 657. The van der Waals surface area contributed by atoms with Gasteiger partial charge in [0.05, 0.1) is 13.2 Å². The molecule has 0 rings (SSSR count). The molecule has 7 N–H and O–H groups in total. The Morgan fingerprint density at radius 2 is 0.956 bits per heavy atom. The first-order chi connectivity index (χ1) is 21.3. The molecule has 0 aliphatic heterocycles. The Morgan fingerprint density at radius 3 is 1.36 bits per heavy atom. The van der Waals surface area contributed by atoms with E-state index in [9.17, 15) is 14.4 Å². The molecule has 0 aromatic rings. The normalized spacial score (nSPS) is 11.9. The van der Waals surface area contributed by atoms with E-state index in [0.29, 0.717) is 26.2 Å². The van der Waals surface area contributed by atoms with Gasteiger partial charge in [-0.3, -0.25) is 14.4 Å². The van der Waals surface area contributed by atoms with E-state index in [2.05, 4.69) is 13.8 Å². The van der Waals surface area contributed by atoms with E-state index < -0.39 is 24.0 Å². The van der Waals surface area contributed by atoms with Crippen molar-refractivity contribution in [2.24, 2.45) is 17.2 Å². The van der Waals surface area contributed by atoms with Crippen molar-refractivity contribution < 1.29 is 29.0 Å². The van der Waals surface area contributed by atoms with Crippen LogP contribution >= 0.6 is 0 Å². The van der Waals surface area contributed by atoms with Crippen LogP contribution in [0.2, 0.25) is 0 Å². The summed E-state index contributed by atoms with van der Waals surface area (Å²) in [6.07, 6.45) is 27.6. The first-order valence-corrected chi connectivity index (χ1v) is 18.1. The maximum absolute atomic E-state index is 12.0. The zero-order valence-corrected chi connectivity index (χ0v) is 28.7. The van der Waals surface area contributed by atoms with Crippen molar-refractivity contribution in [3.8, 4) is 0 Å². The molecule has 0 aromatic carbocycles. The SMILES string of the molecule is CCCCCCCCCCCCOC(=O)CC[C@H](N)C(=O)OCCCCCCCCCCCC.NCCCC[C@H](N)C(=O)O.[NaH]. The van der Waals surface area contributed by atoms with Gasteiger partial charge in [0, 0.05) is 6.42 Å². The summed E-state index contributed by atoms with van der Waals surface area (Å²) in [5.41, 5.74) is 16.3. The second-order valence-electron chi connectivity index (χ2n) is 12.1. The number of unbranched alkanes of at least 4 members (excludes halogenated alkanes) is 19. The van der Waals surface area contributed by atoms with Crippen molar-refractivity contribution in [3.05, 3.63) is 0 Å². The zero-order valence-electron chi connectivity index (χ0n) is 28.7. The molecule has 0 aromatic heterocycles. The fourth-order valence-corrected chi connectivity index (χ4v) is 4.74. The maximum atomic E-state index is 12.0. The standard InChI is InChI=1S/C29H57NO4.C6H14N2O2.Na.H/c1-3-5-7-9-11-13-15-17-19-21-25-33-28(31)24-23-27(30)29(32)34-26-22-20-18-16-14-12-10-8-6-4-2;7-4-2-1-3-5(8)6(9)10;;/h27H,3-26,30H2,1-2H3;5H,1-4,7-8H2,(H,9,10);;/t27-;5-;;/m00../s1. The molecule has 0 aliphatic rings. The van der Waals surface area contributed by atoms with Gasteiger partial charge in [0.25, 0.3) is 0 Å². The van der Waals surface area contributed by atoms with Gasteiger partial charge in [-0.2, -0.15) is 0 Å². The Kier molecular flexibility index (Phi) is 42.7. The summed E-state index contributed by atoms with van der Waals surface area (Å²) < 4.78 is 10.5. The summed E-state index contributed by atoms with van der Waals surface area (Å²) in [5.74, 6) is -1.61. The molecular weight excluding hydrogens is 581 g/mol. The molecule has 0 aliphatic carbocycles. The Labute approximate surface area is 298 Å². The third-order valence-corrected chi connectivity index (χ3v) is 7.75. The van der Waals surface area contributed by atoms with Crippen molar-refractivity contribution in [1.29, 1.82) is 0 Å². The van der Waals surface area contributed by atoms with E-state index in [4.69, 9.17) is 31.8 Å². The Balaban J connectivity index is -0.00000137. The fourth-order valence-electron chi connectivity index (χ4n) is 4.74. The van der Waals surface area contributed by atoms with Crippen LogP contribution in [0.5, 0.6) is 0 Å². The minimum absolute atomic E-state index is 0. The van der Waals surface area contributed by atoms with Crippen LogP contribution in [-0.4, -0.2) is 84.4 Å². The van der Waals surface area contributed by atoms with Gasteiger partial charge in [0.15, 0.2) is 0 Å². The van der Waals surface area contributed by atoms with Crippen LogP contribution in [0.25, 0.3) is 0 Å². The van der Waals surface area contributed by atoms with Gasteiger partial charge < -0.3 is 31.8 Å². The average Bonchev–Trinajstić information content (AvgIpc) is 3.01. The summed E-state index contributed by atoms with van der Waals surface area (Å²) in [6, 6.07) is -1.46. The number of hydrogen-bond donors (Lipinski definition) is 4. The van der Waals surface area contributed by atoms with Crippen LogP contribution < -0.4 is 17.2 Å². The molecule has 0 saturated heterocycles. The number of aliphatic carboxylic acids is 1. The van der Waals surface area contributed by atoms with Crippen LogP contribution in [0.3, 0.4) is 0 Å². The number of hydrogen-bond acceptors (Lipinski definition) is 8. The molecule has 10 heteroatoms. The van der Waals surface area contributed by atoms with E-state index >= 15 is 0 Å². The number of carbonyl (C=O) groups is 3. The van der Waals surface area contributed by atoms with E-state index in [1.165, 1.54) is 103 Å². The summed E-state index contributed by atoms with van der Waals surface area (Å²) in [6.45, 7) is 5.98. The molecule has 0 bridgehead atoms.